The summed E-state index contributed by atoms with van der Waals surface area (Å²) in [4.78, 5) is 4.01. The molecule has 0 amide bonds. The maximum Gasteiger partial charge on any atom is 0.179 e. The van der Waals surface area contributed by atoms with Gasteiger partial charge in [0.25, 0.3) is 0 Å². The number of hydrogen-bond donors (Lipinski definition) is 0. The highest BCUT2D eigenvalue weighted by Crippen LogP contribution is 2.26. The van der Waals surface area contributed by atoms with E-state index in [1.807, 2.05) is 6.92 Å². The molecule has 0 aromatic heterocycles. The van der Waals surface area contributed by atoms with E-state index in [9.17, 15) is 0 Å². The minimum absolute atomic E-state index is 0.619. The van der Waals surface area contributed by atoms with E-state index in [4.69, 9.17) is 5.26 Å². The molecule has 0 fully saturated rings. The molecule has 0 bridgehead atoms. The molecule has 4 heteroatoms. The summed E-state index contributed by atoms with van der Waals surface area (Å²) in [6.07, 6.45) is 2.17. The van der Waals surface area contributed by atoms with Gasteiger partial charge in [0.15, 0.2) is 5.84 Å². The summed E-state index contributed by atoms with van der Waals surface area (Å²) in [7, 11) is 0. The first kappa shape index (κ1) is 6.92. The van der Waals surface area contributed by atoms with Crippen molar-refractivity contribution in [3.63, 3.8) is 0 Å². The summed E-state index contributed by atoms with van der Waals surface area (Å²) < 4.78 is 0. The fraction of sp³-hybridized carbons (Fsp3) is 0.250. The molecule has 0 atom stereocenters. The molecule has 0 spiro atoms. The molecule has 2 aliphatic heterocycles. The Morgan fingerprint density at radius 2 is 2.33 bits per heavy atom. The van der Waals surface area contributed by atoms with Crippen molar-refractivity contribution in [2.75, 3.05) is 0 Å². The molecule has 0 N–H and O–H groups in total. The van der Waals surface area contributed by atoms with Crippen molar-refractivity contribution in [2.24, 2.45) is 15.2 Å². The van der Waals surface area contributed by atoms with E-state index in [0.717, 1.165) is 11.3 Å². The number of amidine groups is 1. The number of allylic oxidation sites excluding steroid dienone is 2. The summed E-state index contributed by atoms with van der Waals surface area (Å²) in [5, 5.41) is 16.4. The lowest BCUT2D eigenvalue weighted by atomic mass is 10.0. The van der Waals surface area contributed by atoms with Gasteiger partial charge < -0.3 is 0 Å². The second-order valence-corrected chi connectivity index (χ2v) is 2.66. The highest BCUT2D eigenvalue weighted by Gasteiger charge is 2.20. The van der Waals surface area contributed by atoms with Gasteiger partial charge in [0.2, 0.25) is 0 Å². The maximum absolute atomic E-state index is 8.63. The fourth-order valence-corrected chi connectivity index (χ4v) is 1.16. The standard InChI is InChI=1S/C8H6N4/c1-5-7-2-6(3-9)4-10-8(7)12-11-5/h4H,2H2,1H3. The fourth-order valence-electron chi connectivity index (χ4n) is 1.16. The monoisotopic (exact) mass is 158 g/mol. The number of nitrogens with zero attached hydrogens (tertiary/aromatic N) is 4. The SMILES string of the molecule is CC1=C2CC(C#N)=CN=C2N=N1. The summed E-state index contributed by atoms with van der Waals surface area (Å²) in [6, 6.07) is 2.07. The lowest BCUT2D eigenvalue weighted by molar-refractivity contribution is 1.14. The smallest absolute Gasteiger partial charge is 0.179 e. The van der Waals surface area contributed by atoms with Gasteiger partial charge in [0, 0.05) is 18.2 Å². The van der Waals surface area contributed by atoms with E-state index in [-0.39, 0.29) is 0 Å². The van der Waals surface area contributed by atoms with Gasteiger partial charge in [-0.3, -0.25) is 0 Å². The molecular weight excluding hydrogens is 152 g/mol. The second-order valence-electron chi connectivity index (χ2n) is 2.66. The van der Waals surface area contributed by atoms with Crippen LogP contribution in [0.25, 0.3) is 0 Å². The molecular formula is C8H6N4. The Morgan fingerprint density at radius 3 is 3.08 bits per heavy atom. The van der Waals surface area contributed by atoms with Gasteiger partial charge in [-0.2, -0.15) is 10.4 Å². The van der Waals surface area contributed by atoms with Crippen LogP contribution < -0.4 is 0 Å². The summed E-state index contributed by atoms with van der Waals surface area (Å²) >= 11 is 0. The van der Waals surface area contributed by atoms with E-state index in [1.165, 1.54) is 0 Å². The summed E-state index contributed by atoms with van der Waals surface area (Å²) in [5.74, 6) is 0.659. The van der Waals surface area contributed by atoms with Crippen LogP contribution in [0.5, 0.6) is 0 Å². The van der Waals surface area contributed by atoms with Crippen molar-refractivity contribution in [1.29, 1.82) is 5.26 Å². The Labute approximate surface area is 69.6 Å². The quantitative estimate of drug-likeness (QED) is 0.531. The predicted octanol–water partition coefficient (Wildman–Crippen LogP) is 1.94. The minimum Gasteiger partial charge on any atom is -0.234 e. The van der Waals surface area contributed by atoms with Crippen LogP contribution in [0.4, 0.5) is 0 Å². The second kappa shape index (κ2) is 2.38. The highest BCUT2D eigenvalue weighted by molar-refractivity contribution is 6.02. The maximum atomic E-state index is 8.63. The Bertz CT molecular complexity index is 390. The van der Waals surface area contributed by atoms with Crippen LogP contribution in [0.1, 0.15) is 13.3 Å². The third-order valence-electron chi connectivity index (χ3n) is 1.85. The minimum atomic E-state index is 0.619. The number of rotatable bonds is 0. The number of fused-ring (bicyclic) bond motifs is 1. The van der Waals surface area contributed by atoms with E-state index in [2.05, 4.69) is 21.3 Å². The molecule has 0 unspecified atom stereocenters. The zero-order chi connectivity index (χ0) is 8.55. The van der Waals surface area contributed by atoms with Crippen molar-refractivity contribution in [1.82, 2.24) is 0 Å². The molecule has 12 heavy (non-hydrogen) atoms. The number of hydrogen-bond acceptors (Lipinski definition) is 4. The molecule has 2 rings (SSSR count). The molecule has 0 saturated heterocycles. The molecule has 2 heterocycles. The molecule has 0 aromatic rings. The van der Waals surface area contributed by atoms with Crippen LogP contribution in [-0.2, 0) is 0 Å². The van der Waals surface area contributed by atoms with Crippen molar-refractivity contribution >= 4 is 5.84 Å². The number of aliphatic imine (C=N–C) groups is 1. The first-order valence-electron chi connectivity index (χ1n) is 3.60. The lowest BCUT2D eigenvalue weighted by Crippen LogP contribution is -2.02. The number of nitriles is 1. The zero-order valence-electron chi connectivity index (χ0n) is 6.57. The zero-order valence-corrected chi connectivity index (χ0v) is 6.57. The van der Waals surface area contributed by atoms with E-state index in [1.54, 1.807) is 6.20 Å². The molecule has 0 aromatic carbocycles. The first-order valence-corrected chi connectivity index (χ1v) is 3.60. The van der Waals surface area contributed by atoms with Gasteiger partial charge in [-0.15, -0.1) is 5.11 Å². The van der Waals surface area contributed by atoms with Crippen LogP contribution >= 0.6 is 0 Å². The van der Waals surface area contributed by atoms with Crippen LogP contribution in [0.2, 0.25) is 0 Å². The Kier molecular flexibility index (Phi) is 1.37. The molecule has 4 nitrogen and oxygen atoms in total. The topological polar surface area (TPSA) is 60.9 Å². The third-order valence-corrected chi connectivity index (χ3v) is 1.85. The van der Waals surface area contributed by atoms with Crippen LogP contribution in [-0.4, -0.2) is 5.84 Å². The normalized spacial score (nSPS) is 20.0. The molecule has 2 aliphatic rings. The van der Waals surface area contributed by atoms with Crippen LogP contribution in [0.3, 0.4) is 0 Å². The lowest BCUT2D eigenvalue weighted by Gasteiger charge is -2.04. The van der Waals surface area contributed by atoms with Crippen molar-refractivity contribution < 1.29 is 0 Å². The van der Waals surface area contributed by atoms with Gasteiger partial charge in [-0.25, -0.2) is 4.99 Å². The average Bonchev–Trinajstić information content (AvgIpc) is 2.47. The molecule has 0 saturated carbocycles. The van der Waals surface area contributed by atoms with E-state index < -0.39 is 0 Å². The van der Waals surface area contributed by atoms with Gasteiger partial charge in [0.1, 0.15) is 0 Å². The van der Waals surface area contributed by atoms with Crippen molar-refractivity contribution in [3.8, 4) is 6.07 Å². The summed E-state index contributed by atoms with van der Waals surface area (Å²) in [6.45, 7) is 1.88. The van der Waals surface area contributed by atoms with Gasteiger partial charge in [-0.1, -0.05) is 0 Å². The van der Waals surface area contributed by atoms with Crippen molar-refractivity contribution in [3.05, 3.63) is 23.0 Å². The van der Waals surface area contributed by atoms with E-state index >= 15 is 0 Å². The Morgan fingerprint density at radius 1 is 1.50 bits per heavy atom. The van der Waals surface area contributed by atoms with Gasteiger partial charge in [0.05, 0.1) is 17.3 Å². The van der Waals surface area contributed by atoms with Crippen LogP contribution in [0.15, 0.2) is 38.3 Å². The molecule has 0 radical (unpaired) electrons. The van der Waals surface area contributed by atoms with Gasteiger partial charge >= 0.3 is 0 Å². The average molecular weight is 158 g/mol. The largest absolute Gasteiger partial charge is 0.234 e. The molecule has 58 valence electrons. The third kappa shape index (κ3) is 0.873. The van der Waals surface area contributed by atoms with Gasteiger partial charge in [-0.05, 0) is 6.92 Å². The van der Waals surface area contributed by atoms with Crippen molar-refractivity contribution in [2.45, 2.75) is 13.3 Å². The number of azo groups is 1. The Balaban J connectivity index is 2.45. The Hall–Kier alpha value is -1.76. The first-order chi connectivity index (χ1) is 5.81. The van der Waals surface area contributed by atoms with E-state index in [0.29, 0.717) is 17.8 Å². The highest BCUT2D eigenvalue weighted by atomic mass is 15.2. The predicted molar refractivity (Wildman–Crippen MR) is 43.3 cm³/mol. The van der Waals surface area contributed by atoms with Crippen LogP contribution in [0, 0.1) is 11.3 Å². The molecule has 0 aliphatic carbocycles. The summed E-state index contributed by atoms with van der Waals surface area (Å²) in [5.41, 5.74) is 2.52.